The minimum absolute atomic E-state index is 0.0237. The third kappa shape index (κ3) is 3.17. The van der Waals surface area contributed by atoms with Crippen molar-refractivity contribution in [3.05, 3.63) is 30.5 Å². The van der Waals surface area contributed by atoms with Crippen molar-refractivity contribution in [2.24, 2.45) is 0 Å². The van der Waals surface area contributed by atoms with Crippen LogP contribution in [0.2, 0.25) is 0 Å². The van der Waals surface area contributed by atoms with Crippen molar-refractivity contribution in [3.8, 4) is 0 Å². The summed E-state index contributed by atoms with van der Waals surface area (Å²) < 4.78 is 27.2. The summed E-state index contributed by atoms with van der Waals surface area (Å²) in [6, 6.07) is 1.34. The number of H-pyrrole nitrogens is 1. The van der Waals surface area contributed by atoms with E-state index in [0.29, 0.717) is 0 Å². The van der Waals surface area contributed by atoms with Crippen molar-refractivity contribution in [1.29, 1.82) is 0 Å². The Labute approximate surface area is 108 Å². The molecule has 0 saturated heterocycles. The molecule has 0 radical (unpaired) electrons. The lowest BCUT2D eigenvalue weighted by Gasteiger charge is -2.04. The lowest BCUT2D eigenvalue weighted by Crippen LogP contribution is -2.27. The van der Waals surface area contributed by atoms with Crippen LogP contribution in [-0.2, 0) is 16.6 Å². The summed E-state index contributed by atoms with van der Waals surface area (Å²) >= 11 is 0. The molecule has 2 heterocycles. The first-order valence-corrected chi connectivity index (χ1v) is 6.71. The largest absolute Gasteiger partial charge is 0.476 e. The van der Waals surface area contributed by atoms with Gasteiger partial charge in [-0.25, -0.2) is 22.9 Å². The second-order valence-electron chi connectivity index (χ2n) is 3.62. The number of carboxylic acids is 1. The van der Waals surface area contributed by atoms with Gasteiger partial charge >= 0.3 is 5.97 Å². The van der Waals surface area contributed by atoms with Crippen LogP contribution in [0.25, 0.3) is 0 Å². The third-order valence-corrected chi connectivity index (χ3v) is 3.67. The zero-order valence-electron chi connectivity index (χ0n) is 9.65. The summed E-state index contributed by atoms with van der Waals surface area (Å²) in [5.74, 6) is -1.13. The van der Waals surface area contributed by atoms with E-state index >= 15 is 0 Å². The van der Waals surface area contributed by atoms with Gasteiger partial charge in [0.15, 0.2) is 10.7 Å². The molecule has 0 saturated carbocycles. The number of hydrogen-bond donors (Lipinski definition) is 3. The Balaban J connectivity index is 1.91. The SMILES string of the molecule is O=C(O)c1cn(CCNS(=O)(=O)c2ccn[nH]2)cn1. The number of aromatic nitrogens is 4. The van der Waals surface area contributed by atoms with Gasteiger partial charge in [-0.05, 0) is 6.07 Å². The van der Waals surface area contributed by atoms with Crippen LogP contribution >= 0.6 is 0 Å². The average Bonchev–Trinajstić information content (AvgIpc) is 3.00. The van der Waals surface area contributed by atoms with Crippen LogP contribution < -0.4 is 4.72 Å². The maximum atomic E-state index is 11.7. The van der Waals surface area contributed by atoms with Crippen LogP contribution in [0.3, 0.4) is 0 Å². The molecule has 0 aromatic carbocycles. The van der Waals surface area contributed by atoms with Crippen molar-refractivity contribution in [1.82, 2.24) is 24.5 Å². The van der Waals surface area contributed by atoms with Crippen molar-refractivity contribution >= 4 is 16.0 Å². The van der Waals surface area contributed by atoms with Gasteiger partial charge in [0.1, 0.15) is 0 Å². The highest BCUT2D eigenvalue weighted by molar-refractivity contribution is 7.89. The lowest BCUT2D eigenvalue weighted by molar-refractivity contribution is 0.0691. The summed E-state index contributed by atoms with van der Waals surface area (Å²) in [5.41, 5.74) is -0.0866. The molecule has 2 aromatic rings. The molecule has 2 rings (SSSR count). The van der Waals surface area contributed by atoms with E-state index < -0.39 is 16.0 Å². The van der Waals surface area contributed by atoms with Crippen LogP contribution in [0.4, 0.5) is 0 Å². The molecule has 102 valence electrons. The maximum Gasteiger partial charge on any atom is 0.356 e. The first-order valence-electron chi connectivity index (χ1n) is 5.23. The molecule has 0 unspecified atom stereocenters. The summed E-state index contributed by atoms with van der Waals surface area (Å²) in [6.07, 6.45) is 3.99. The van der Waals surface area contributed by atoms with Crippen LogP contribution in [0.5, 0.6) is 0 Å². The van der Waals surface area contributed by atoms with Crippen LogP contribution in [0, 0.1) is 0 Å². The molecule has 0 bridgehead atoms. The molecule has 3 N–H and O–H groups in total. The molecule has 0 amide bonds. The van der Waals surface area contributed by atoms with E-state index in [4.69, 9.17) is 5.11 Å². The van der Waals surface area contributed by atoms with Crippen LogP contribution in [0.15, 0.2) is 29.8 Å². The predicted octanol–water partition coefficient (Wildman–Crippen LogP) is -0.717. The molecule has 19 heavy (non-hydrogen) atoms. The number of nitrogens with one attached hydrogen (secondary N) is 2. The predicted molar refractivity (Wildman–Crippen MR) is 63.0 cm³/mol. The Hall–Kier alpha value is -2.20. The molecule has 0 aliphatic rings. The molecule has 0 spiro atoms. The fourth-order valence-electron chi connectivity index (χ4n) is 1.37. The molecule has 0 aliphatic heterocycles. The van der Waals surface area contributed by atoms with E-state index in [-0.39, 0.29) is 23.8 Å². The Morgan fingerprint density at radius 2 is 2.32 bits per heavy atom. The highest BCUT2D eigenvalue weighted by atomic mass is 32.2. The first kappa shape index (κ1) is 13.2. The maximum absolute atomic E-state index is 11.7. The minimum Gasteiger partial charge on any atom is -0.476 e. The molecular weight excluding hydrogens is 274 g/mol. The van der Waals surface area contributed by atoms with Gasteiger partial charge < -0.3 is 9.67 Å². The van der Waals surface area contributed by atoms with Crippen molar-refractivity contribution in [3.63, 3.8) is 0 Å². The monoisotopic (exact) mass is 285 g/mol. The Kier molecular flexibility index (Phi) is 3.62. The van der Waals surface area contributed by atoms with Gasteiger partial charge in [0, 0.05) is 19.3 Å². The molecule has 10 heteroatoms. The van der Waals surface area contributed by atoms with E-state index in [2.05, 4.69) is 19.9 Å². The summed E-state index contributed by atoms with van der Waals surface area (Å²) in [4.78, 5) is 14.3. The van der Waals surface area contributed by atoms with Crippen LogP contribution in [-0.4, -0.2) is 45.8 Å². The quantitative estimate of drug-likeness (QED) is 0.642. The number of carbonyl (C=O) groups is 1. The Morgan fingerprint density at radius 1 is 1.53 bits per heavy atom. The number of nitrogens with zero attached hydrogens (tertiary/aromatic N) is 3. The number of aromatic amines is 1. The van der Waals surface area contributed by atoms with Gasteiger partial charge in [0.2, 0.25) is 0 Å². The van der Waals surface area contributed by atoms with Gasteiger partial charge in [-0.2, -0.15) is 5.10 Å². The number of hydrogen-bond acceptors (Lipinski definition) is 5. The number of aromatic carboxylic acids is 1. The summed E-state index contributed by atoms with van der Waals surface area (Å²) in [5, 5.41) is 14.6. The highest BCUT2D eigenvalue weighted by Crippen LogP contribution is 2.02. The second-order valence-corrected chi connectivity index (χ2v) is 5.36. The van der Waals surface area contributed by atoms with Gasteiger partial charge in [0.05, 0.1) is 12.5 Å². The molecule has 2 aromatic heterocycles. The van der Waals surface area contributed by atoms with Crippen LogP contribution in [0.1, 0.15) is 10.5 Å². The van der Waals surface area contributed by atoms with Crippen molar-refractivity contribution < 1.29 is 18.3 Å². The van der Waals surface area contributed by atoms with Gasteiger partial charge in [0.25, 0.3) is 10.0 Å². The Bertz CT molecular complexity index is 661. The van der Waals surface area contributed by atoms with Gasteiger partial charge in [-0.3, -0.25) is 5.10 Å². The van der Waals surface area contributed by atoms with E-state index in [1.54, 1.807) is 0 Å². The number of rotatable bonds is 6. The topological polar surface area (TPSA) is 130 Å². The number of imidazole rings is 1. The highest BCUT2D eigenvalue weighted by Gasteiger charge is 2.14. The van der Waals surface area contributed by atoms with E-state index in [1.807, 2.05) is 0 Å². The zero-order valence-corrected chi connectivity index (χ0v) is 10.5. The van der Waals surface area contributed by atoms with Gasteiger partial charge in [-0.15, -0.1) is 0 Å². The number of carboxylic acid groups (broad SMARTS) is 1. The molecule has 9 nitrogen and oxygen atoms in total. The standard InChI is InChI=1S/C9H11N5O4S/c15-9(16)7-5-14(6-10-7)4-3-12-19(17,18)8-1-2-11-13-8/h1-2,5-6,12H,3-4H2,(H,11,13)(H,15,16). The zero-order chi connectivity index (χ0) is 13.9. The van der Waals surface area contributed by atoms with Crippen molar-refractivity contribution in [2.45, 2.75) is 11.6 Å². The summed E-state index contributed by atoms with van der Waals surface area (Å²) in [7, 11) is -3.61. The first-order chi connectivity index (χ1) is 8.99. The van der Waals surface area contributed by atoms with E-state index in [9.17, 15) is 13.2 Å². The van der Waals surface area contributed by atoms with Crippen molar-refractivity contribution in [2.75, 3.05) is 6.54 Å². The fraction of sp³-hybridized carbons (Fsp3) is 0.222. The fourth-order valence-corrected chi connectivity index (χ4v) is 2.30. The van der Waals surface area contributed by atoms with E-state index in [0.717, 1.165) is 0 Å². The second kappa shape index (κ2) is 5.20. The molecular formula is C9H11N5O4S. The van der Waals surface area contributed by atoms with E-state index in [1.165, 1.54) is 29.4 Å². The normalized spacial score (nSPS) is 11.6. The summed E-state index contributed by atoms with van der Waals surface area (Å²) in [6.45, 7) is 0.379. The molecule has 0 fully saturated rings. The molecule has 0 aliphatic carbocycles. The number of sulfonamides is 1. The lowest BCUT2D eigenvalue weighted by atomic mass is 10.5. The minimum atomic E-state index is -3.61. The average molecular weight is 285 g/mol. The Morgan fingerprint density at radius 3 is 2.89 bits per heavy atom. The van der Waals surface area contributed by atoms with Gasteiger partial charge in [-0.1, -0.05) is 0 Å². The smallest absolute Gasteiger partial charge is 0.356 e. The third-order valence-electron chi connectivity index (χ3n) is 2.28. The molecule has 0 atom stereocenters.